The molecule has 0 saturated carbocycles. The van der Waals surface area contributed by atoms with Crippen molar-refractivity contribution in [1.82, 2.24) is 20.3 Å². The summed E-state index contributed by atoms with van der Waals surface area (Å²) < 4.78 is 6.75. The molecule has 0 aliphatic rings. The Bertz CT molecular complexity index is 772. The first-order valence-corrected chi connectivity index (χ1v) is 6.27. The number of fused-ring (bicyclic) bond motifs is 1. The second-order valence-electron chi connectivity index (χ2n) is 4.61. The molecule has 0 spiro atoms. The summed E-state index contributed by atoms with van der Waals surface area (Å²) in [6.45, 7) is 2.13. The van der Waals surface area contributed by atoms with Crippen LogP contribution in [0, 0.1) is 6.92 Å². The van der Waals surface area contributed by atoms with Gasteiger partial charge in [0.25, 0.3) is 5.91 Å². The summed E-state index contributed by atoms with van der Waals surface area (Å²) in [4.78, 5) is 12.2. The van der Waals surface area contributed by atoms with Gasteiger partial charge in [0, 0.05) is 18.5 Å². The van der Waals surface area contributed by atoms with E-state index in [1.807, 2.05) is 38.2 Å². The number of carbonyl (C=O) groups excluding carboxylic acids is 1. The van der Waals surface area contributed by atoms with E-state index < -0.39 is 0 Å². The average Bonchev–Trinajstić information content (AvgIpc) is 3.01. The molecule has 0 aliphatic carbocycles. The molecule has 3 aromatic rings. The van der Waals surface area contributed by atoms with Gasteiger partial charge in [-0.25, -0.2) is 0 Å². The lowest BCUT2D eigenvalue weighted by molar-refractivity contribution is 0.0943. The highest BCUT2D eigenvalue weighted by molar-refractivity contribution is 6.04. The summed E-state index contributed by atoms with van der Waals surface area (Å²) in [7, 11) is 1.82. The van der Waals surface area contributed by atoms with Crippen molar-refractivity contribution in [2.24, 2.45) is 7.05 Å². The number of nitrogens with zero attached hydrogens (tertiary/aromatic N) is 3. The van der Waals surface area contributed by atoms with Crippen LogP contribution in [0.2, 0.25) is 0 Å². The van der Waals surface area contributed by atoms with Crippen LogP contribution in [-0.4, -0.2) is 20.8 Å². The van der Waals surface area contributed by atoms with Crippen LogP contribution >= 0.6 is 0 Å². The Balaban J connectivity index is 1.82. The van der Waals surface area contributed by atoms with E-state index in [9.17, 15) is 4.79 Å². The third-order valence-corrected chi connectivity index (χ3v) is 3.07. The Morgan fingerprint density at radius 1 is 1.40 bits per heavy atom. The summed E-state index contributed by atoms with van der Waals surface area (Å²) in [5.74, 6) is 0.395. The van der Waals surface area contributed by atoms with Gasteiger partial charge in [0.15, 0.2) is 11.5 Å². The maximum atomic E-state index is 12.2. The lowest BCUT2D eigenvalue weighted by Crippen LogP contribution is -2.23. The third-order valence-electron chi connectivity index (χ3n) is 3.07. The number of rotatable bonds is 3. The molecule has 0 unspecified atom stereocenters. The molecule has 1 N–H and O–H groups in total. The maximum Gasteiger partial charge on any atom is 0.272 e. The van der Waals surface area contributed by atoms with Gasteiger partial charge < -0.3 is 9.84 Å². The van der Waals surface area contributed by atoms with Crippen molar-refractivity contribution in [1.29, 1.82) is 0 Å². The Morgan fingerprint density at radius 3 is 2.95 bits per heavy atom. The highest BCUT2D eigenvalue weighted by Gasteiger charge is 2.15. The third kappa shape index (κ3) is 2.16. The molecule has 0 fully saturated rings. The predicted molar refractivity (Wildman–Crippen MR) is 73.1 cm³/mol. The van der Waals surface area contributed by atoms with Crippen molar-refractivity contribution in [2.45, 2.75) is 13.5 Å². The van der Waals surface area contributed by atoms with Gasteiger partial charge in [-0.1, -0.05) is 23.4 Å². The van der Waals surface area contributed by atoms with Crippen LogP contribution in [0.1, 0.15) is 21.9 Å². The predicted octanol–water partition coefficient (Wildman–Crippen LogP) is 1.80. The summed E-state index contributed by atoms with van der Waals surface area (Å²) in [6, 6.07) is 9.41. The van der Waals surface area contributed by atoms with Crippen LogP contribution in [-0.2, 0) is 13.6 Å². The molecule has 6 heteroatoms. The highest BCUT2D eigenvalue weighted by Crippen LogP contribution is 2.17. The molecule has 1 amide bonds. The molecule has 0 saturated heterocycles. The Labute approximate surface area is 115 Å². The Hall–Kier alpha value is -2.63. The van der Waals surface area contributed by atoms with Crippen LogP contribution in [0.25, 0.3) is 10.9 Å². The monoisotopic (exact) mass is 270 g/mol. The number of aryl methyl sites for hydroxylation is 2. The quantitative estimate of drug-likeness (QED) is 0.787. The Kier molecular flexibility index (Phi) is 2.98. The van der Waals surface area contributed by atoms with Crippen LogP contribution < -0.4 is 5.32 Å². The average molecular weight is 270 g/mol. The van der Waals surface area contributed by atoms with E-state index >= 15 is 0 Å². The topological polar surface area (TPSA) is 73.0 Å². The lowest BCUT2D eigenvalue weighted by Gasteiger charge is -1.99. The summed E-state index contributed by atoms with van der Waals surface area (Å²) >= 11 is 0. The number of hydrogen-bond acceptors (Lipinski definition) is 4. The molecule has 0 aliphatic heterocycles. The largest absolute Gasteiger partial charge is 0.359 e. The molecule has 1 aromatic carbocycles. The summed E-state index contributed by atoms with van der Waals surface area (Å²) in [5, 5.41) is 11.7. The molecule has 20 heavy (non-hydrogen) atoms. The zero-order chi connectivity index (χ0) is 14.1. The fourth-order valence-corrected chi connectivity index (χ4v) is 2.13. The fraction of sp³-hybridized carbons (Fsp3) is 0.214. The van der Waals surface area contributed by atoms with Gasteiger partial charge in [0.05, 0.1) is 17.8 Å². The minimum absolute atomic E-state index is 0.226. The number of nitrogens with one attached hydrogen (secondary N) is 1. The minimum Gasteiger partial charge on any atom is -0.359 e. The molecule has 0 bridgehead atoms. The number of carbonyl (C=O) groups is 1. The van der Waals surface area contributed by atoms with E-state index in [4.69, 9.17) is 4.52 Å². The smallest absolute Gasteiger partial charge is 0.272 e. The van der Waals surface area contributed by atoms with Gasteiger partial charge in [0.2, 0.25) is 0 Å². The second kappa shape index (κ2) is 4.80. The van der Waals surface area contributed by atoms with Crippen LogP contribution in [0.4, 0.5) is 0 Å². The van der Waals surface area contributed by atoms with Crippen molar-refractivity contribution in [3.05, 3.63) is 47.5 Å². The first kappa shape index (κ1) is 12.4. The molecule has 3 rings (SSSR count). The Morgan fingerprint density at radius 2 is 2.20 bits per heavy atom. The molecule has 0 atom stereocenters. The fourth-order valence-electron chi connectivity index (χ4n) is 2.13. The molecular formula is C14H14N4O2. The number of aromatic nitrogens is 3. The molecule has 6 nitrogen and oxygen atoms in total. The molecule has 102 valence electrons. The molecule has 2 heterocycles. The maximum absolute atomic E-state index is 12.2. The zero-order valence-electron chi connectivity index (χ0n) is 11.3. The van der Waals surface area contributed by atoms with E-state index in [1.165, 1.54) is 0 Å². The van der Waals surface area contributed by atoms with E-state index in [-0.39, 0.29) is 5.91 Å². The number of benzene rings is 1. The van der Waals surface area contributed by atoms with Crippen molar-refractivity contribution >= 4 is 16.8 Å². The van der Waals surface area contributed by atoms with Crippen LogP contribution in [0.15, 0.2) is 34.9 Å². The van der Waals surface area contributed by atoms with Crippen LogP contribution in [0.5, 0.6) is 0 Å². The van der Waals surface area contributed by atoms with E-state index in [0.717, 1.165) is 16.6 Å². The van der Waals surface area contributed by atoms with Gasteiger partial charge in [-0.15, -0.1) is 0 Å². The van der Waals surface area contributed by atoms with Crippen molar-refractivity contribution in [3.8, 4) is 0 Å². The van der Waals surface area contributed by atoms with E-state index in [1.54, 1.807) is 10.7 Å². The van der Waals surface area contributed by atoms with E-state index in [0.29, 0.717) is 18.0 Å². The SMILES string of the molecule is Cc1cc(CNC(=O)c2nn(C)c3ccccc23)on1. The minimum atomic E-state index is -0.226. The number of para-hydroxylation sites is 1. The van der Waals surface area contributed by atoms with Gasteiger partial charge in [0.1, 0.15) is 0 Å². The van der Waals surface area contributed by atoms with E-state index in [2.05, 4.69) is 15.6 Å². The standard InChI is InChI=1S/C14H14N4O2/c1-9-7-10(20-17-9)8-15-14(19)13-11-5-3-4-6-12(11)18(2)16-13/h3-7H,8H2,1-2H3,(H,15,19). The summed E-state index contributed by atoms with van der Waals surface area (Å²) in [6.07, 6.45) is 0. The van der Waals surface area contributed by atoms with Gasteiger partial charge in [-0.3, -0.25) is 9.48 Å². The lowest BCUT2D eigenvalue weighted by atomic mass is 10.2. The number of amides is 1. The van der Waals surface area contributed by atoms with Crippen LogP contribution in [0.3, 0.4) is 0 Å². The van der Waals surface area contributed by atoms with Gasteiger partial charge in [-0.2, -0.15) is 5.10 Å². The van der Waals surface area contributed by atoms with Gasteiger partial charge in [-0.05, 0) is 13.0 Å². The number of hydrogen-bond donors (Lipinski definition) is 1. The first-order valence-electron chi connectivity index (χ1n) is 6.27. The van der Waals surface area contributed by atoms with Crippen molar-refractivity contribution < 1.29 is 9.32 Å². The second-order valence-corrected chi connectivity index (χ2v) is 4.61. The molecular weight excluding hydrogens is 256 g/mol. The highest BCUT2D eigenvalue weighted by atomic mass is 16.5. The van der Waals surface area contributed by atoms with Crippen molar-refractivity contribution in [2.75, 3.05) is 0 Å². The normalized spacial score (nSPS) is 10.9. The first-order chi connectivity index (χ1) is 9.65. The zero-order valence-corrected chi connectivity index (χ0v) is 11.3. The molecule has 0 radical (unpaired) electrons. The molecule has 2 aromatic heterocycles. The summed E-state index contributed by atoms with van der Waals surface area (Å²) in [5.41, 5.74) is 2.13. The van der Waals surface area contributed by atoms with Gasteiger partial charge >= 0.3 is 0 Å². The van der Waals surface area contributed by atoms with Crippen molar-refractivity contribution in [3.63, 3.8) is 0 Å².